The number of aliphatic hydroxyl groups is 2. The number of ether oxygens (including phenoxy) is 1. The van der Waals surface area contributed by atoms with Crippen molar-refractivity contribution in [1.29, 1.82) is 0 Å². The maximum absolute atomic E-state index is 12.4. The molecule has 0 fully saturated rings. The predicted molar refractivity (Wildman–Crippen MR) is 97.8 cm³/mol. The van der Waals surface area contributed by atoms with Crippen molar-refractivity contribution >= 4 is 11.9 Å². The Bertz CT molecular complexity index is 784. The molecule has 6 heteroatoms. The van der Waals surface area contributed by atoms with Gasteiger partial charge >= 0.3 is 5.97 Å². The van der Waals surface area contributed by atoms with E-state index in [4.69, 9.17) is 4.74 Å². The maximum Gasteiger partial charge on any atom is 0.337 e. The van der Waals surface area contributed by atoms with Crippen molar-refractivity contribution in [2.75, 3.05) is 13.7 Å². The highest BCUT2D eigenvalue weighted by Crippen LogP contribution is 2.26. The Balaban J connectivity index is 2.35. The van der Waals surface area contributed by atoms with E-state index < -0.39 is 5.97 Å². The van der Waals surface area contributed by atoms with Gasteiger partial charge in [-0.1, -0.05) is 25.1 Å². The molecule has 2 aromatic carbocycles. The smallest absolute Gasteiger partial charge is 0.337 e. The van der Waals surface area contributed by atoms with Crippen LogP contribution in [-0.4, -0.2) is 41.8 Å². The fourth-order valence-corrected chi connectivity index (χ4v) is 2.62. The van der Waals surface area contributed by atoms with Crippen LogP contribution in [0.4, 0.5) is 0 Å². The van der Waals surface area contributed by atoms with E-state index >= 15 is 0 Å². The quantitative estimate of drug-likeness (QED) is 0.660. The second-order valence-corrected chi connectivity index (χ2v) is 5.86. The van der Waals surface area contributed by atoms with E-state index in [0.29, 0.717) is 23.1 Å². The monoisotopic (exact) mass is 357 g/mol. The number of aliphatic hydroxyl groups excluding tert-OH is 2. The third-order valence-electron chi connectivity index (χ3n) is 4.18. The Morgan fingerprint density at radius 2 is 1.88 bits per heavy atom. The molecule has 6 nitrogen and oxygen atoms in total. The summed E-state index contributed by atoms with van der Waals surface area (Å²) in [6.45, 7) is 1.51. The Hall–Kier alpha value is -2.70. The zero-order valence-electron chi connectivity index (χ0n) is 14.9. The fraction of sp³-hybridized carbons (Fsp3) is 0.300. The molecular weight excluding hydrogens is 334 g/mol. The van der Waals surface area contributed by atoms with Crippen LogP contribution >= 0.6 is 0 Å². The van der Waals surface area contributed by atoms with Crippen LogP contribution in [0.3, 0.4) is 0 Å². The molecule has 0 aromatic heterocycles. The topological polar surface area (TPSA) is 95.9 Å². The van der Waals surface area contributed by atoms with E-state index in [2.05, 4.69) is 5.32 Å². The van der Waals surface area contributed by atoms with Gasteiger partial charge in [-0.2, -0.15) is 0 Å². The predicted octanol–water partition coefficient (Wildman–Crippen LogP) is 2.13. The minimum absolute atomic E-state index is 0.119. The van der Waals surface area contributed by atoms with E-state index in [9.17, 15) is 19.8 Å². The minimum Gasteiger partial charge on any atom is -0.465 e. The van der Waals surface area contributed by atoms with Crippen LogP contribution < -0.4 is 5.32 Å². The summed E-state index contributed by atoms with van der Waals surface area (Å²) in [6.07, 6.45) is 0.631. The molecule has 0 bridgehead atoms. The van der Waals surface area contributed by atoms with Gasteiger partial charge in [0.05, 0.1) is 31.9 Å². The molecule has 138 valence electrons. The largest absolute Gasteiger partial charge is 0.465 e. The first-order valence-electron chi connectivity index (χ1n) is 8.38. The van der Waals surface area contributed by atoms with Crippen LogP contribution in [-0.2, 0) is 11.3 Å². The Labute approximate surface area is 152 Å². The Morgan fingerprint density at radius 3 is 2.50 bits per heavy atom. The first kappa shape index (κ1) is 19.6. The van der Waals surface area contributed by atoms with Crippen LogP contribution in [0.2, 0.25) is 0 Å². The molecule has 0 aliphatic carbocycles. The summed E-state index contributed by atoms with van der Waals surface area (Å²) in [5.74, 6) is -0.751. The lowest BCUT2D eigenvalue weighted by molar-refractivity contribution is 0.0600. The average molecular weight is 357 g/mol. The van der Waals surface area contributed by atoms with E-state index in [1.807, 2.05) is 13.0 Å². The molecule has 0 unspecified atom stereocenters. The second-order valence-electron chi connectivity index (χ2n) is 5.86. The van der Waals surface area contributed by atoms with E-state index in [1.54, 1.807) is 36.4 Å². The number of carbonyl (C=O) groups excluding carboxylic acids is 2. The van der Waals surface area contributed by atoms with Crippen LogP contribution in [0, 0.1) is 0 Å². The van der Waals surface area contributed by atoms with Crippen molar-refractivity contribution in [3.63, 3.8) is 0 Å². The molecule has 0 saturated carbocycles. The van der Waals surface area contributed by atoms with Crippen LogP contribution in [0.15, 0.2) is 42.5 Å². The lowest BCUT2D eigenvalue weighted by atomic mass is 9.96. The van der Waals surface area contributed by atoms with Gasteiger partial charge in [0.15, 0.2) is 0 Å². The minimum atomic E-state index is -0.478. The van der Waals surface area contributed by atoms with Gasteiger partial charge in [-0.3, -0.25) is 4.79 Å². The Kier molecular flexibility index (Phi) is 6.89. The van der Waals surface area contributed by atoms with Gasteiger partial charge in [0, 0.05) is 5.56 Å². The zero-order chi connectivity index (χ0) is 19.1. The molecule has 0 radical (unpaired) electrons. The van der Waals surface area contributed by atoms with E-state index in [-0.39, 0.29) is 25.2 Å². The number of esters is 1. The molecule has 26 heavy (non-hydrogen) atoms. The highest BCUT2D eigenvalue weighted by atomic mass is 16.5. The van der Waals surface area contributed by atoms with E-state index in [0.717, 1.165) is 11.1 Å². The number of hydrogen-bond donors (Lipinski definition) is 3. The molecule has 1 atom stereocenters. The number of rotatable bonds is 7. The average Bonchev–Trinajstić information content (AvgIpc) is 2.70. The summed E-state index contributed by atoms with van der Waals surface area (Å²) in [7, 11) is 1.30. The number of carbonyl (C=O) groups is 2. The summed E-state index contributed by atoms with van der Waals surface area (Å²) in [6, 6.07) is 11.6. The zero-order valence-corrected chi connectivity index (χ0v) is 14.9. The van der Waals surface area contributed by atoms with Crippen LogP contribution in [0.25, 0.3) is 11.1 Å². The molecule has 2 aromatic rings. The summed E-state index contributed by atoms with van der Waals surface area (Å²) in [5.41, 5.74) is 2.84. The molecule has 1 amide bonds. The van der Waals surface area contributed by atoms with Crippen molar-refractivity contribution in [1.82, 2.24) is 5.32 Å². The van der Waals surface area contributed by atoms with Gasteiger partial charge in [-0.25, -0.2) is 4.79 Å². The molecular formula is C20H23NO5. The molecule has 0 heterocycles. The van der Waals surface area contributed by atoms with Gasteiger partial charge in [-0.15, -0.1) is 0 Å². The molecule has 0 saturated heterocycles. The molecule has 0 spiro atoms. The number of nitrogens with one attached hydrogen (secondary N) is 1. The summed E-state index contributed by atoms with van der Waals surface area (Å²) >= 11 is 0. The second kappa shape index (κ2) is 9.12. The number of benzene rings is 2. The highest BCUT2D eigenvalue weighted by Gasteiger charge is 2.14. The van der Waals surface area contributed by atoms with Crippen molar-refractivity contribution in [2.24, 2.45) is 0 Å². The van der Waals surface area contributed by atoms with Crippen molar-refractivity contribution in [2.45, 2.75) is 26.0 Å². The van der Waals surface area contributed by atoms with Crippen molar-refractivity contribution < 1.29 is 24.5 Å². The van der Waals surface area contributed by atoms with Crippen LogP contribution in [0.1, 0.15) is 39.6 Å². The molecule has 2 rings (SSSR count). The SMILES string of the molecule is CC[C@H](CO)NC(=O)c1cccc(-c2ccc(C(=O)OC)cc2CO)c1. The molecule has 0 aliphatic rings. The van der Waals surface area contributed by atoms with Gasteiger partial charge < -0.3 is 20.3 Å². The van der Waals surface area contributed by atoms with E-state index in [1.165, 1.54) is 7.11 Å². The van der Waals surface area contributed by atoms with Crippen molar-refractivity contribution in [3.05, 3.63) is 59.2 Å². The first-order chi connectivity index (χ1) is 12.5. The summed E-state index contributed by atoms with van der Waals surface area (Å²) in [4.78, 5) is 24.0. The number of hydrogen-bond acceptors (Lipinski definition) is 5. The van der Waals surface area contributed by atoms with Gasteiger partial charge in [0.2, 0.25) is 0 Å². The third-order valence-corrected chi connectivity index (χ3v) is 4.18. The maximum atomic E-state index is 12.4. The molecule has 0 aliphatic heterocycles. The lowest BCUT2D eigenvalue weighted by Gasteiger charge is -2.15. The number of amides is 1. The summed E-state index contributed by atoms with van der Waals surface area (Å²) in [5, 5.41) is 21.7. The highest BCUT2D eigenvalue weighted by molar-refractivity contribution is 5.96. The fourth-order valence-electron chi connectivity index (χ4n) is 2.62. The standard InChI is InChI=1S/C20H23NO5/c1-3-17(12-23)21-19(24)14-6-4-5-13(9-14)18-8-7-15(20(25)26-2)10-16(18)11-22/h4-10,17,22-23H,3,11-12H2,1-2H3,(H,21,24)/t17-/m1/s1. The molecule has 3 N–H and O–H groups in total. The van der Waals surface area contributed by atoms with Crippen molar-refractivity contribution in [3.8, 4) is 11.1 Å². The normalized spacial score (nSPS) is 11.7. The summed E-state index contributed by atoms with van der Waals surface area (Å²) < 4.78 is 4.70. The number of methoxy groups -OCH3 is 1. The third kappa shape index (κ3) is 4.47. The first-order valence-corrected chi connectivity index (χ1v) is 8.38. The van der Waals surface area contributed by atoms with Crippen LogP contribution in [0.5, 0.6) is 0 Å². The Morgan fingerprint density at radius 1 is 1.12 bits per heavy atom. The van der Waals surface area contributed by atoms with Gasteiger partial charge in [0.25, 0.3) is 5.91 Å². The lowest BCUT2D eigenvalue weighted by Crippen LogP contribution is -2.36. The van der Waals surface area contributed by atoms with Gasteiger partial charge in [-0.05, 0) is 47.4 Å². The van der Waals surface area contributed by atoms with Gasteiger partial charge in [0.1, 0.15) is 0 Å².